The molecule has 0 N–H and O–H groups in total. The van der Waals surface area contributed by atoms with Crippen LogP contribution in [0.5, 0.6) is 5.75 Å². The maximum absolute atomic E-state index is 12.9. The summed E-state index contributed by atoms with van der Waals surface area (Å²) in [6.07, 6.45) is 0.380. The van der Waals surface area contributed by atoms with E-state index in [9.17, 15) is 13.2 Å². The van der Waals surface area contributed by atoms with Crippen molar-refractivity contribution in [3.8, 4) is 5.75 Å². The highest BCUT2D eigenvalue weighted by Crippen LogP contribution is 2.34. The summed E-state index contributed by atoms with van der Waals surface area (Å²) < 4.78 is 31.2. The van der Waals surface area contributed by atoms with Crippen molar-refractivity contribution in [2.75, 3.05) is 18.8 Å². The van der Waals surface area contributed by atoms with Gasteiger partial charge < -0.3 is 9.64 Å². The Morgan fingerprint density at radius 1 is 1.11 bits per heavy atom. The van der Waals surface area contributed by atoms with Crippen molar-refractivity contribution in [3.63, 3.8) is 0 Å². The number of amides is 1. The molecule has 150 valence electrons. The van der Waals surface area contributed by atoms with Crippen LogP contribution in [0.15, 0.2) is 48.5 Å². The zero-order valence-corrected chi connectivity index (χ0v) is 17.5. The molecule has 0 spiro atoms. The van der Waals surface area contributed by atoms with Crippen molar-refractivity contribution in [2.24, 2.45) is 0 Å². The molecule has 1 amide bonds. The number of nitrogens with zero attached hydrogens (tertiary/aromatic N) is 1. The van der Waals surface area contributed by atoms with Crippen LogP contribution in [-0.4, -0.2) is 44.2 Å². The van der Waals surface area contributed by atoms with Gasteiger partial charge in [0.05, 0.1) is 17.1 Å². The third-order valence-corrected chi connectivity index (χ3v) is 7.21. The minimum Gasteiger partial charge on any atom is -0.491 e. The van der Waals surface area contributed by atoms with Crippen molar-refractivity contribution in [1.29, 1.82) is 0 Å². The highest BCUT2D eigenvalue weighted by molar-refractivity contribution is 7.91. The van der Waals surface area contributed by atoms with E-state index >= 15 is 0 Å². The molecule has 3 rings (SSSR count). The Bertz CT molecular complexity index is 941. The summed E-state index contributed by atoms with van der Waals surface area (Å²) in [6.45, 7) is 4.41. The molecule has 0 bridgehead atoms. The maximum atomic E-state index is 12.9. The molecule has 0 aliphatic carbocycles. The number of rotatable bonds is 4. The second-order valence-corrected chi connectivity index (χ2v) is 9.86. The van der Waals surface area contributed by atoms with Gasteiger partial charge in [0, 0.05) is 23.7 Å². The van der Waals surface area contributed by atoms with Crippen molar-refractivity contribution >= 4 is 27.3 Å². The lowest BCUT2D eigenvalue weighted by molar-refractivity contribution is 0.0766. The molecule has 2 aromatic carbocycles. The summed E-state index contributed by atoms with van der Waals surface area (Å²) in [5.74, 6) is 0.443. The maximum Gasteiger partial charge on any atom is 0.253 e. The first-order valence-corrected chi connectivity index (χ1v) is 11.4. The van der Waals surface area contributed by atoms with Crippen molar-refractivity contribution in [3.05, 3.63) is 64.7 Å². The molecular formula is C21H24ClNO4S. The molecule has 1 fully saturated rings. The van der Waals surface area contributed by atoms with Crippen LogP contribution in [0, 0.1) is 0 Å². The quantitative estimate of drug-likeness (QED) is 0.744. The summed E-state index contributed by atoms with van der Waals surface area (Å²) in [5, 5.41) is -0.252. The molecule has 0 aromatic heterocycles. The third-order valence-electron chi connectivity index (χ3n) is 4.75. The highest BCUT2D eigenvalue weighted by atomic mass is 35.5. The zero-order valence-electron chi connectivity index (χ0n) is 16.0. The Morgan fingerprint density at radius 3 is 2.43 bits per heavy atom. The van der Waals surface area contributed by atoms with Crippen LogP contribution in [0.4, 0.5) is 0 Å². The number of ether oxygens (including phenoxy) is 1. The Labute approximate surface area is 171 Å². The molecule has 0 radical (unpaired) electrons. The van der Waals surface area contributed by atoms with Gasteiger partial charge in [0.15, 0.2) is 9.84 Å². The lowest BCUT2D eigenvalue weighted by Gasteiger charge is -2.20. The fourth-order valence-electron chi connectivity index (χ4n) is 3.36. The van der Waals surface area contributed by atoms with E-state index in [0.29, 0.717) is 34.9 Å². The molecule has 2 aromatic rings. The predicted octanol–water partition coefficient (Wildman–Crippen LogP) is 4.13. The first-order chi connectivity index (χ1) is 13.3. The van der Waals surface area contributed by atoms with Crippen LogP contribution < -0.4 is 4.74 Å². The van der Waals surface area contributed by atoms with E-state index in [0.717, 1.165) is 0 Å². The molecule has 0 saturated carbocycles. The van der Waals surface area contributed by atoms with Crippen molar-refractivity contribution in [1.82, 2.24) is 4.90 Å². The average molecular weight is 422 g/mol. The number of halogens is 1. The van der Waals surface area contributed by atoms with Crippen LogP contribution in [-0.2, 0) is 9.84 Å². The number of hydrogen-bond acceptors (Lipinski definition) is 4. The van der Waals surface area contributed by atoms with E-state index in [-0.39, 0.29) is 24.3 Å². The lowest BCUT2D eigenvalue weighted by Crippen LogP contribution is -2.33. The van der Waals surface area contributed by atoms with Crippen LogP contribution in [0.3, 0.4) is 0 Å². The van der Waals surface area contributed by atoms with E-state index < -0.39 is 15.1 Å². The number of hydrogen-bond donors (Lipinski definition) is 0. The number of carbonyl (C=O) groups is 1. The summed E-state index contributed by atoms with van der Waals surface area (Å²) in [7, 11) is -3.40. The number of sulfone groups is 1. The second kappa shape index (κ2) is 8.53. The van der Waals surface area contributed by atoms with Gasteiger partial charge in [-0.25, -0.2) is 8.42 Å². The Kier molecular flexibility index (Phi) is 6.30. The average Bonchev–Trinajstić information content (AvgIpc) is 2.80. The fourth-order valence-corrected chi connectivity index (χ4v) is 5.51. The lowest BCUT2D eigenvalue weighted by atomic mass is 10.1. The van der Waals surface area contributed by atoms with Gasteiger partial charge in [-0.1, -0.05) is 29.8 Å². The molecule has 7 heteroatoms. The van der Waals surface area contributed by atoms with E-state index in [4.69, 9.17) is 16.3 Å². The van der Waals surface area contributed by atoms with Crippen LogP contribution in [0.25, 0.3) is 0 Å². The molecule has 28 heavy (non-hydrogen) atoms. The number of benzene rings is 2. The van der Waals surface area contributed by atoms with Crippen LogP contribution in [0.1, 0.15) is 41.4 Å². The van der Waals surface area contributed by atoms with Gasteiger partial charge in [0.2, 0.25) is 0 Å². The third kappa shape index (κ3) is 4.67. The molecule has 5 nitrogen and oxygen atoms in total. The minimum atomic E-state index is -3.40. The molecule has 1 aliphatic heterocycles. The summed E-state index contributed by atoms with van der Waals surface area (Å²) >= 11 is 6.23. The van der Waals surface area contributed by atoms with Gasteiger partial charge in [-0.15, -0.1) is 0 Å². The molecule has 1 saturated heterocycles. The van der Waals surface area contributed by atoms with Crippen molar-refractivity contribution in [2.45, 2.75) is 31.6 Å². The zero-order chi connectivity index (χ0) is 20.3. The van der Waals surface area contributed by atoms with Gasteiger partial charge in [0.25, 0.3) is 5.91 Å². The van der Waals surface area contributed by atoms with Gasteiger partial charge in [-0.2, -0.15) is 0 Å². The molecule has 1 aliphatic rings. The first-order valence-electron chi connectivity index (χ1n) is 9.30. The van der Waals surface area contributed by atoms with Gasteiger partial charge in [-0.3, -0.25) is 4.79 Å². The molecule has 1 atom stereocenters. The fraction of sp³-hybridized carbons (Fsp3) is 0.381. The summed E-state index contributed by atoms with van der Waals surface area (Å²) in [5.41, 5.74) is 1.12. The van der Waals surface area contributed by atoms with Gasteiger partial charge >= 0.3 is 0 Å². The predicted molar refractivity (Wildman–Crippen MR) is 111 cm³/mol. The van der Waals surface area contributed by atoms with Crippen LogP contribution in [0.2, 0.25) is 5.02 Å². The topological polar surface area (TPSA) is 63.7 Å². The van der Waals surface area contributed by atoms with Gasteiger partial charge in [0.1, 0.15) is 5.75 Å². The molecule has 1 heterocycles. The van der Waals surface area contributed by atoms with E-state index in [2.05, 4.69) is 0 Å². The second-order valence-electron chi connectivity index (χ2n) is 7.15. The Morgan fingerprint density at radius 2 is 1.79 bits per heavy atom. The smallest absolute Gasteiger partial charge is 0.253 e. The van der Waals surface area contributed by atoms with Crippen LogP contribution >= 0.6 is 11.6 Å². The SMILES string of the molecule is CC(C)Oc1ccc(C(=O)N2CCC(c3ccccc3Cl)S(=O)(=O)CC2)cc1. The largest absolute Gasteiger partial charge is 0.491 e. The van der Waals surface area contributed by atoms with E-state index in [1.807, 2.05) is 13.8 Å². The standard InChI is InChI=1S/C21H24ClNO4S/c1-15(2)27-17-9-7-16(8-10-17)21(24)23-12-11-20(28(25,26)14-13-23)18-5-3-4-6-19(18)22/h3-10,15,20H,11-14H2,1-2H3. The summed E-state index contributed by atoms with van der Waals surface area (Å²) in [6, 6.07) is 13.9. The Balaban J connectivity index is 1.77. The molecular weight excluding hydrogens is 398 g/mol. The number of carbonyl (C=O) groups excluding carboxylic acids is 1. The first kappa shape index (κ1) is 20.7. The van der Waals surface area contributed by atoms with E-state index in [1.54, 1.807) is 53.4 Å². The molecule has 1 unspecified atom stereocenters. The van der Waals surface area contributed by atoms with Crippen molar-refractivity contribution < 1.29 is 17.9 Å². The Hall–Kier alpha value is -2.05. The highest BCUT2D eigenvalue weighted by Gasteiger charge is 2.33. The van der Waals surface area contributed by atoms with Gasteiger partial charge in [-0.05, 0) is 56.2 Å². The normalized spacial score (nSPS) is 19.3. The van der Waals surface area contributed by atoms with E-state index in [1.165, 1.54) is 0 Å². The summed E-state index contributed by atoms with van der Waals surface area (Å²) in [4.78, 5) is 14.5. The minimum absolute atomic E-state index is 0.0547. The monoisotopic (exact) mass is 421 g/mol.